The predicted molar refractivity (Wildman–Crippen MR) is 70.4 cm³/mol. The number of hydrogen-bond donors (Lipinski definition) is 0. The highest BCUT2D eigenvalue weighted by atomic mass is 19.1. The third-order valence-corrected chi connectivity index (χ3v) is 3.29. The van der Waals surface area contributed by atoms with Crippen LogP contribution in [0.4, 0.5) is 10.1 Å². The van der Waals surface area contributed by atoms with Crippen molar-refractivity contribution in [3.63, 3.8) is 0 Å². The van der Waals surface area contributed by atoms with Crippen molar-refractivity contribution in [2.24, 2.45) is 0 Å². The Kier molecular flexibility index (Phi) is 4.12. The summed E-state index contributed by atoms with van der Waals surface area (Å²) in [6, 6.07) is 5.54. The van der Waals surface area contributed by atoms with E-state index in [0.29, 0.717) is 5.69 Å². The standard InChI is InChI=1S/C14H15FN2O3/c1-16(11-4-2-10(15)3-5-11)12(18)8-9-17-13(19)6-7-14(17)20/h2-5H,6-9H2,1H3. The van der Waals surface area contributed by atoms with E-state index in [9.17, 15) is 18.8 Å². The molecule has 1 aromatic carbocycles. The molecular formula is C14H15FN2O3. The molecule has 0 aliphatic carbocycles. The van der Waals surface area contributed by atoms with E-state index in [1.54, 1.807) is 7.05 Å². The summed E-state index contributed by atoms with van der Waals surface area (Å²) in [6.45, 7) is 0.0992. The van der Waals surface area contributed by atoms with E-state index >= 15 is 0 Å². The van der Waals surface area contributed by atoms with E-state index in [0.717, 1.165) is 4.90 Å². The first-order valence-electron chi connectivity index (χ1n) is 6.34. The number of carbonyl (C=O) groups is 3. The zero-order valence-electron chi connectivity index (χ0n) is 11.1. The van der Waals surface area contributed by atoms with Crippen LogP contribution in [0, 0.1) is 5.82 Å². The molecule has 5 nitrogen and oxygen atoms in total. The van der Waals surface area contributed by atoms with Crippen LogP contribution in [-0.4, -0.2) is 36.2 Å². The van der Waals surface area contributed by atoms with Crippen molar-refractivity contribution in [1.82, 2.24) is 4.90 Å². The molecule has 1 aromatic rings. The van der Waals surface area contributed by atoms with Crippen LogP contribution in [0.25, 0.3) is 0 Å². The van der Waals surface area contributed by atoms with Gasteiger partial charge in [0, 0.05) is 38.5 Å². The molecule has 1 aliphatic heterocycles. The maximum absolute atomic E-state index is 12.8. The first-order valence-corrected chi connectivity index (χ1v) is 6.34. The van der Waals surface area contributed by atoms with Gasteiger partial charge in [0.15, 0.2) is 0 Å². The molecule has 0 spiro atoms. The topological polar surface area (TPSA) is 57.7 Å². The Morgan fingerprint density at radius 3 is 2.30 bits per heavy atom. The van der Waals surface area contributed by atoms with E-state index in [-0.39, 0.29) is 49.3 Å². The molecule has 0 unspecified atom stereocenters. The second kappa shape index (κ2) is 5.81. The highest BCUT2D eigenvalue weighted by Gasteiger charge is 2.29. The highest BCUT2D eigenvalue weighted by Crippen LogP contribution is 2.16. The molecule has 1 heterocycles. The van der Waals surface area contributed by atoms with Crippen LogP contribution >= 0.6 is 0 Å². The van der Waals surface area contributed by atoms with E-state index in [4.69, 9.17) is 0 Å². The number of amides is 3. The summed E-state index contributed by atoms with van der Waals surface area (Å²) >= 11 is 0. The van der Waals surface area contributed by atoms with Gasteiger partial charge in [-0.1, -0.05) is 0 Å². The van der Waals surface area contributed by atoms with Gasteiger partial charge in [0.05, 0.1) is 0 Å². The van der Waals surface area contributed by atoms with Crippen LogP contribution in [0.3, 0.4) is 0 Å². The molecule has 20 heavy (non-hydrogen) atoms. The Hall–Kier alpha value is -2.24. The third kappa shape index (κ3) is 3.01. The fourth-order valence-corrected chi connectivity index (χ4v) is 2.06. The molecule has 1 saturated heterocycles. The van der Waals surface area contributed by atoms with E-state index < -0.39 is 0 Å². The fourth-order valence-electron chi connectivity index (χ4n) is 2.06. The molecule has 0 aromatic heterocycles. The molecule has 2 rings (SSSR count). The minimum atomic E-state index is -0.372. The molecule has 0 N–H and O–H groups in total. The molecule has 0 saturated carbocycles. The van der Waals surface area contributed by atoms with Crippen LogP contribution in [0.2, 0.25) is 0 Å². The molecule has 3 amide bonds. The largest absolute Gasteiger partial charge is 0.315 e. The first kappa shape index (κ1) is 14.2. The SMILES string of the molecule is CN(C(=O)CCN1C(=O)CCC1=O)c1ccc(F)cc1. The number of halogens is 1. The number of hydrogen-bond acceptors (Lipinski definition) is 3. The van der Waals surface area contributed by atoms with Crippen molar-refractivity contribution in [2.45, 2.75) is 19.3 Å². The number of anilines is 1. The molecule has 1 aliphatic rings. The van der Waals surface area contributed by atoms with Gasteiger partial charge in [-0.05, 0) is 24.3 Å². The Balaban J connectivity index is 1.93. The number of rotatable bonds is 4. The third-order valence-electron chi connectivity index (χ3n) is 3.29. The van der Waals surface area contributed by atoms with Gasteiger partial charge >= 0.3 is 0 Å². The van der Waals surface area contributed by atoms with E-state index in [2.05, 4.69) is 0 Å². The lowest BCUT2D eigenvalue weighted by atomic mass is 10.2. The lowest BCUT2D eigenvalue weighted by Crippen LogP contribution is -2.34. The smallest absolute Gasteiger partial charge is 0.229 e. The van der Waals surface area contributed by atoms with Crippen molar-refractivity contribution in [3.05, 3.63) is 30.1 Å². The Morgan fingerprint density at radius 2 is 1.75 bits per heavy atom. The van der Waals surface area contributed by atoms with Crippen molar-refractivity contribution >= 4 is 23.4 Å². The number of benzene rings is 1. The average Bonchev–Trinajstić information content (AvgIpc) is 2.75. The highest BCUT2D eigenvalue weighted by molar-refractivity contribution is 6.02. The zero-order chi connectivity index (χ0) is 14.7. The average molecular weight is 278 g/mol. The number of imide groups is 1. The number of likely N-dealkylation sites (tertiary alicyclic amines) is 1. The van der Waals surface area contributed by atoms with Gasteiger partial charge < -0.3 is 4.90 Å². The van der Waals surface area contributed by atoms with Gasteiger partial charge in [0.1, 0.15) is 5.82 Å². The number of nitrogens with zero attached hydrogens (tertiary/aromatic N) is 2. The summed E-state index contributed by atoms with van der Waals surface area (Å²) in [7, 11) is 1.57. The van der Waals surface area contributed by atoms with Crippen molar-refractivity contribution in [1.29, 1.82) is 0 Å². The zero-order valence-corrected chi connectivity index (χ0v) is 11.1. The van der Waals surface area contributed by atoms with Gasteiger partial charge in [0.2, 0.25) is 17.7 Å². The van der Waals surface area contributed by atoms with Crippen LogP contribution < -0.4 is 4.90 Å². The van der Waals surface area contributed by atoms with E-state index in [1.807, 2.05) is 0 Å². The maximum Gasteiger partial charge on any atom is 0.229 e. The quantitative estimate of drug-likeness (QED) is 0.781. The van der Waals surface area contributed by atoms with Crippen LogP contribution in [0.5, 0.6) is 0 Å². The van der Waals surface area contributed by atoms with Crippen molar-refractivity contribution in [3.8, 4) is 0 Å². The lowest BCUT2D eigenvalue weighted by Gasteiger charge is -2.19. The first-order chi connectivity index (χ1) is 9.49. The monoisotopic (exact) mass is 278 g/mol. The minimum absolute atomic E-state index is 0.0609. The molecule has 1 fully saturated rings. The second-order valence-electron chi connectivity index (χ2n) is 4.62. The predicted octanol–water partition coefficient (Wildman–Crippen LogP) is 1.33. The van der Waals surface area contributed by atoms with Gasteiger partial charge in [-0.25, -0.2) is 4.39 Å². The van der Waals surface area contributed by atoms with Crippen LogP contribution in [0.15, 0.2) is 24.3 Å². The fraction of sp³-hybridized carbons (Fsp3) is 0.357. The van der Waals surface area contributed by atoms with Crippen LogP contribution in [-0.2, 0) is 14.4 Å². The summed E-state index contributed by atoms with van der Waals surface area (Å²) < 4.78 is 12.8. The molecule has 0 bridgehead atoms. The van der Waals surface area contributed by atoms with E-state index in [1.165, 1.54) is 29.2 Å². The molecule has 0 radical (unpaired) electrons. The second-order valence-corrected chi connectivity index (χ2v) is 4.62. The summed E-state index contributed by atoms with van der Waals surface area (Å²) in [5, 5.41) is 0. The minimum Gasteiger partial charge on any atom is -0.315 e. The summed E-state index contributed by atoms with van der Waals surface area (Å²) in [6.07, 6.45) is 0.507. The van der Waals surface area contributed by atoms with Gasteiger partial charge in [-0.15, -0.1) is 0 Å². The molecule has 106 valence electrons. The normalized spacial score (nSPS) is 14.8. The molecule has 0 atom stereocenters. The molecule has 6 heteroatoms. The summed E-state index contributed by atoms with van der Waals surface area (Å²) in [5.74, 6) is -1.06. The van der Waals surface area contributed by atoms with Crippen molar-refractivity contribution < 1.29 is 18.8 Å². The van der Waals surface area contributed by atoms with Gasteiger partial charge in [-0.3, -0.25) is 19.3 Å². The summed E-state index contributed by atoms with van der Waals surface area (Å²) in [4.78, 5) is 37.3. The van der Waals surface area contributed by atoms with Crippen molar-refractivity contribution in [2.75, 3.05) is 18.5 Å². The Morgan fingerprint density at radius 1 is 1.20 bits per heavy atom. The number of carbonyl (C=O) groups excluding carboxylic acids is 3. The Bertz CT molecular complexity index is 526. The Labute approximate surface area is 116 Å². The lowest BCUT2D eigenvalue weighted by molar-refractivity contribution is -0.138. The maximum atomic E-state index is 12.8. The van der Waals surface area contributed by atoms with Gasteiger partial charge in [-0.2, -0.15) is 0 Å². The summed E-state index contributed by atoms with van der Waals surface area (Å²) in [5.41, 5.74) is 0.565. The van der Waals surface area contributed by atoms with Crippen LogP contribution in [0.1, 0.15) is 19.3 Å². The molecular weight excluding hydrogens is 263 g/mol. The van der Waals surface area contributed by atoms with Gasteiger partial charge in [0.25, 0.3) is 0 Å².